The van der Waals surface area contributed by atoms with Gasteiger partial charge in [-0.2, -0.15) is 8.78 Å². The van der Waals surface area contributed by atoms with Crippen molar-refractivity contribution < 1.29 is 13.5 Å². The van der Waals surface area contributed by atoms with Crippen molar-refractivity contribution in [2.24, 2.45) is 0 Å². The molecule has 2 aromatic rings. The van der Waals surface area contributed by atoms with E-state index in [2.05, 4.69) is 4.98 Å². The molecule has 23 heavy (non-hydrogen) atoms. The zero-order chi connectivity index (χ0) is 17.0. The Morgan fingerprint density at radius 2 is 1.70 bits per heavy atom. The maximum Gasteiger partial charge on any atom is 0.295 e. The Morgan fingerprint density at radius 3 is 2.13 bits per heavy atom. The van der Waals surface area contributed by atoms with Crippen LogP contribution in [0.3, 0.4) is 0 Å². The lowest BCUT2D eigenvalue weighted by Crippen LogP contribution is -2.45. The Labute approximate surface area is 136 Å². The molecule has 1 heterocycles. The van der Waals surface area contributed by atoms with Crippen LogP contribution in [0.25, 0.3) is 5.70 Å². The summed E-state index contributed by atoms with van der Waals surface area (Å²) in [6.07, 6.45) is -0.212. The van der Waals surface area contributed by atoms with E-state index >= 15 is 0 Å². The quantitative estimate of drug-likeness (QED) is 0.720. The summed E-state index contributed by atoms with van der Waals surface area (Å²) in [5, 5.41) is 0. The summed E-state index contributed by atoms with van der Waals surface area (Å²) < 4.78 is 34.5. The van der Waals surface area contributed by atoms with E-state index in [1.54, 1.807) is 54.1 Å². The SMILES string of the molecule is COc1ccc(N(C(=C(F)F)c2ccccn2)[Si](C)(C)C)cc1. The number of anilines is 1. The summed E-state index contributed by atoms with van der Waals surface area (Å²) in [6.45, 7) is 6.05. The van der Waals surface area contributed by atoms with Crippen LogP contribution in [0.5, 0.6) is 5.75 Å². The van der Waals surface area contributed by atoms with Crippen LogP contribution < -0.4 is 9.30 Å². The summed E-state index contributed by atoms with van der Waals surface area (Å²) in [5.74, 6) is 0.688. The zero-order valence-electron chi connectivity index (χ0n) is 13.7. The lowest BCUT2D eigenvalue weighted by molar-refractivity contribution is 0.415. The van der Waals surface area contributed by atoms with E-state index in [4.69, 9.17) is 4.74 Å². The van der Waals surface area contributed by atoms with Gasteiger partial charge in [-0.15, -0.1) is 0 Å². The van der Waals surface area contributed by atoms with Crippen LogP contribution in [0.4, 0.5) is 14.5 Å². The minimum atomic E-state index is -2.15. The average Bonchev–Trinajstić information content (AvgIpc) is 2.52. The van der Waals surface area contributed by atoms with E-state index in [0.717, 1.165) is 0 Å². The Hall–Kier alpha value is -2.21. The molecule has 1 aromatic heterocycles. The van der Waals surface area contributed by atoms with E-state index in [9.17, 15) is 8.78 Å². The number of nitrogens with zero attached hydrogens (tertiary/aromatic N) is 2. The number of aromatic nitrogens is 1. The van der Waals surface area contributed by atoms with Gasteiger partial charge >= 0.3 is 0 Å². The van der Waals surface area contributed by atoms with Crippen LogP contribution >= 0.6 is 0 Å². The summed E-state index contributed by atoms with van der Waals surface area (Å²) in [6, 6.07) is 12.2. The number of benzene rings is 1. The first kappa shape index (κ1) is 17.1. The number of halogens is 2. The highest BCUT2D eigenvalue weighted by atomic mass is 28.3. The van der Waals surface area contributed by atoms with Crippen LogP contribution in [-0.2, 0) is 0 Å². The molecule has 0 saturated carbocycles. The standard InChI is InChI=1S/C17H20F2N2OSi/c1-22-14-10-8-13(9-11-14)21(23(2,3)4)16(17(18)19)15-7-5-6-12-20-15/h5-12H,1-4H3. The zero-order valence-corrected chi connectivity index (χ0v) is 14.7. The Balaban J connectivity index is 2.59. The second kappa shape index (κ2) is 6.91. The van der Waals surface area contributed by atoms with Gasteiger partial charge in [0.1, 0.15) is 11.4 Å². The third kappa shape index (κ3) is 3.95. The normalized spacial score (nSPS) is 11.0. The molecule has 2 rings (SSSR count). The van der Waals surface area contributed by atoms with Gasteiger partial charge in [0.05, 0.1) is 12.8 Å². The van der Waals surface area contributed by atoms with Crippen molar-refractivity contribution in [2.75, 3.05) is 11.7 Å². The maximum absolute atomic E-state index is 13.8. The second-order valence-electron chi connectivity index (χ2n) is 6.03. The van der Waals surface area contributed by atoms with Gasteiger partial charge in [-0.05, 0) is 36.4 Å². The van der Waals surface area contributed by atoms with Gasteiger partial charge in [0.15, 0.2) is 8.24 Å². The molecule has 0 aliphatic heterocycles. The van der Waals surface area contributed by atoms with E-state index in [-0.39, 0.29) is 11.4 Å². The molecule has 122 valence electrons. The van der Waals surface area contributed by atoms with Crippen LogP contribution in [0.1, 0.15) is 5.69 Å². The lowest BCUT2D eigenvalue weighted by atomic mass is 10.2. The van der Waals surface area contributed by atoms with Crippen LogP contribution in [0, 0.1) is 0 Å². The smallest absolute Gasteiger partial charge is 0.295 e. The van der Waals surface area contributed by atoms with E-state index in [1.807, 2.05) is 19.6 Å². The highest BCUT2D eigenvalue weighted by Gasteiger charge is 2.31. The molecule has 0 N–H and O–H groups in total. The number of rotatable bonds is 5. The van der Waals surface area contributed by atoms with Gasteiger partial charge in [-0.1, -0.05) is 25.7 Å². The first-order valence-corrected chi connectivity index (χ1v) is 10.7. The van der Waals surface area contributed by atoms with Gasteiger partial charge in [-0.25, -0.2) is 0 Å². The molecule has 6 heteroatoms. The summed E-state index contributed by atoms with van der Waals surface area (Å²) in [4.78, 5) is 4.11. The molecule has 0 unspecified atom stereocenters. The Bertz CT molecular complexity index is 678. The Kier molecular flexibility index (Phi) is 5.15. The van der Waals surface area contributed by atoms with E-state index in [1.165, 1.54) is 6.20 Å². The minimum absolute atomic E-state index is 0.130. The molecular weight excluding hydrogens is 314 g/mol. The van der Waals surface area contributed by atoms with Crippen molar-refractivity contribution in [3.05, 3.63) is 60.4 Å². The fraction of sp³-hybridized carbons (Fsp3) is 0.235. The average molecular weight is 334 g/mol. The second-order valence-corrected chi connectivity index (χ2v) is 10.8. The topological polar surface area (TPSA) is 25.4 Å². The van der Waals surface area contributed by atoms with Gasteiger partial charge in [0.25, 0.3) is 6.08 Å². The molecule has 0 spiro atoms. The number of methoxy groups -OCH3 is 1. The first-order chi connectivity index (χ1) is 10.8. The molecule has 3 nitrogen and oxygen atoms in total. The van der Waals surface area contributed by atoms with Gasteiger partial charge in [0, 0.05) is 11.9 Å². The van der Waals surface area contributed by atoms with Crippen molar-refractivity contribution in [1.82, 2.24) is 4.98 Å². The predicted octanol–water partition coefficient (Wildman–Crippen LogP) is 5.00. The third-order valence-electron chi connectivity index (χ3n) is 3.31. The van der Waals surface area contributed by atoms with E-state index < -0.39 is 14.3 Å². The van der Waals surface area contributed by atoms with Crippen LogP contribution in [0.15, 0.2) is 54.7 Å². The van der Waals surface area contributed by atoms with Crippen molar-refractivity contribution in [1.29, 1.82) is 0 Å². The number of ether oxygens (including phenoxy) is 1. The molecule has 0 saturated heterocycles. The monoisotopic (exact) mass is 334 g/mol. The molecule has 0 atom stereocenters. The van der Waals surface area contributed by atoms with Crippen LogP contribution in [0.2, 0.25) is 19.6 Å². The van der Waals surface area contributed by atoms with Gasteiger partial charge < -0.3 is 9.30 Å². The number of hydrogen-bond donors (Lipinski definition) is 0. The highest BCUT2D eigenvalue weighted by molar-refractivity contribution is 6.81. The molecule has 0 radical (unpaired) electrons. The largest absolute Gasteiger partial charge is 0.497 e. The number of pyridine rings is 1. The summed E-state index contributed by atoms with van der Waals surface area (Å²) >= 11 is 0. The van der Waals surface area contributed by atoms with Crippen molar-refractivity contribution in [3.63, 3.8) is 0 Å². The van der Waals surface area contributed by atoms with Crippen LogP contribution in [-0.4, -0.2) is 20.3 Å². The lowest BCUT2D eigenvalue weighted by Gasteiger charge is -2.37. The molecule has 0 bridgehead atoms. The van der Waals surface area contributed by atoms with Gasteiger partial charge in [0.2, 0.25) is 0 Å². The minimum Gasteiger partial charge on any atom is -0.497 e. The van der Waals surface area contributed by atoms with Gasteiger partial charge in [-0.3, -0.25) is 4.98 Å². The molecular formula is C17H20F2N2OSi. The van der Waals surface area contributed by atoms with E-state index in [0.29, 0.717) is 11.4 Å². The maximum atomic E-state index is 13.8. The third-order valence-corrected chi connectivity index (χ3v) is 5.14. The van der Waals surface area contributed by atoms with Crippen molar-refractivity contribution in [3.8, 4) is 5.75 Å². The fourth-order valence-corrected chi connectivity index (χ4v) is 4.18. The Morgan fingerprint density at radius 1 is 1.04 bits per heavy atom. The first-order valence-electron chi connectivity index (χ1n) is 7.25. The molecule has 0 fully saturated rings. The predicted molar refractivity (Wildman–Crippen MR) is 92.2 cm³/mol. The molecule has 1 aromatic carbocycles. The fourth-order valence-electron chi connectivity index (χ4n) is 2.38. The highest BCUT2D eigenvalue weighted by Crippen LogP contribution is 2.34. The molecule has 0 amide bonds. The van der Waals surface area contributed by atoms with Crippen molar-refractivity contribution in [2.45, 2.75) is 19.6 Å². The summed E-state index contributed by atoms with van der Waals surface area (Å²) in [5.41, 5.74) is 0.846. The number of hydrogen-bond acceptors (Lipinski definition) is 3. The molecule has 0 aliphatic rings. The van der Waals surface area contributed by atoms with Crippen molar-refractivity contribution >= 4 is 19.6 Å². The summed E-state index contributed by atoms with van der Waals surface area (Å²) in [7, 11) is -0.574. The molecule has 0 aliphatic carbocycles.